The Morgan fingerprint density at radius 3 is 2.24 bits per heavy atom. The van der Waals surface area contributed by atoms with Crippen molar-refractivity contribution in [2.45, 2.75) is 78.2 Å². The summed E-state index contributed by atoms with van der Waals surface area (Å²) >= 11 is 0. The fourth-order valence-electron chi connectivity index (χ4n) is 4.26. The molecule has 0 radical (unpaired) electrons. The number of nitrogens with one attached hydrogen (secondary N) is 1. The molecular weight excluding hydrogens is 262 g/mol. The van der Waals surface area contributed by atoms with Gasteiger partial charge in [0.05, 0.1) is 5.92 Å². The van der Waals surface area contributed by atoms with E-state index in [1.165, 1.54) is 32.1 Å². The van der Waals surface area contributed by atoms with E-state index in [0.29, 0.717) is 17.4 Å². The molecule has 3 heteroatoms. The van der Waals surface area contributed by atoms with Crippen molar-refractivity contribution < 1.29 is 9.90 Å². The molecule has 0 spiro atoms. The number of hydrogen-bond acceptors (Lipinski definition) is 2. The number of hydrogen-bond donors (Lipinski definition) is 2. The van der Waals surface area contributed by atoms with Crippen LogP contribution in [0.25, 0.3) is 0 Å². The van der Waals surface area contributed by atoms with Crippen LogP contribution in [0.4, 0.5) is 0 Å². The smallest absolute Gasteiger partial charge is 0.306 e. The SMILES string of the molecule is CC(C)(C)C1CCC(NCC2CCCCC2C(=O)O)CC1. The molecule has 0 aromatic rings. The lowest BCUT2D eigenvalue weighted by Gasteiger charge is -2.38. The van der Waals surface area contributed by atoms with E-state index in [-0.39, 0.29) is 5.92 Å². The highest BCUT2D eigenvalue weighted by Crippen LogP contribution is 2.38. The number of carboxylic acid groups (broad SMARTS) is 1. The first kappa shape index (κ1) is 16.8. The van der Waals surface area contributed by atoms with Crippen molar-refractivity contribution in [1.29, 1.82) is 0 Å². The molecule has 2 aliphatic rings. The maximum atomic E-state index is 11.3. The van der Waals surface area contributed by atoms with Crippen molar-refractivity contribution >= 4 is 5.97 Å². The van der Waals surface area contributed by atoms with E-state index in [2.05, 4.69) is 26.1 Å². The van der Waals surface area contributed by atoms with Crippen LogP contribution in [-0.4, -0.2) is 23.7 Å². The van der Waals surface area contributed by atoms with Crippen molar-refractivity contribution in [3.63, 3.8) is 0 Å². The molecule has 0 aromatic carbocycles. The second kappa shape index (κ2) is 7.13. The predicted octanol–water partition coefficient (Wildman–Crippen LogP) is 4.07. The highest BCUT2D eigenvalue weighted by atomic mass is 16.4. The Hall–Kier alpha value is -0.570. The van der Waals surface area contributed by atoms with E-state index in [4.69, 9.17) is 0 Å². The summed E-state index contributed by atoms with van der Waals surface area (Å²) in [5.41, 5.74) is 0.433. The summed E-state index contributed by atoms with van der Waals surface area (Å²) in [6, 6.07) is 0.611. The van der Waals surface area contributed by atoms with Crippen molar-refractivity contribution in [1.82, 2.24) is 5.32 Å². The molecule has 122 valence electrons. The van der Waals surface area contributed by atoms with Crippen LogP contribution in [0, 0.1) is 23.2 Å². The van der Waals surface area contributed by atoms with Gasteiger partial charge in [0.15, 0.2) is 0 Å². The van der Waals surface area contributed by atoms with Crippen molar-refractivity contribution in [3.8, 4) is 0 Å². The monoisotopic (exact) mass is 295 g/mol. The van der Waals surface area contributed by atoms with E-state index < -0.39 is 5.97 Å². The first-order chi connectivity index (χ1) is 9.88. The third-order valence-corrected chi connectivity index (χ3v) is 5.85. The van der Waals surface area contributed by atoms with E-state index in [1.54, 1.807) is 0 Å². The molecule has 2 N–H and O–H groups in total. The maximum absolute atomic E-state index is 11.3. The average molecular weight is 295 g/mol. The predicted molar refractivity (Wildman–Crippen MR) is 86.3 cm³/mol. The zero-order valence-electron chi connectivity index (χ0n) is 14.0. The summed E-state index contributed by atoms with van der Waals surface area (Å²) in [6.07, 6.45) is 9.39. The first-order valence-corrected chi connectivity index (χ1v) is 8.84. The molecule has 0 bridgehead atoms. The third-order valence-electron chi connectivity index (χ3n) is 5.85. The minimum Gasteiger partial charge on any atom is -0.481 e. The average Bonchev–Trinajstić information content (AvgIpc) is 2.45. The van der Waals surface area contributed by atoms with Crippen LogP contribution in [0.3, 0.4) is 0 Å². The van der Waals surface area contributed by atoms with Crippen LogP contribution in [-0.2, 0) is 4.79 Å². The highest BCUT2D eigenvalue weighted by molar-refractivity contribution is 5.70. The number of carboxylic acids is 1. The molecule has 2 fully saturated rings. The largest absolute Gasteiger partial charge is 0.481 e. The Labute approximate surface area is 129 Å². The molecule has 2 atom stereocenters. The molecule has 0 amide bonds. The molecule has 0 saturated heterocycles. The summed E-state index contributed by atoms with van der Waals surface area (Å²) in [6.45, 7) is 7.96. The Morgan fingerprint density at radius 1 is 1.05 bits per heavy atom. The quantitative estimate of drug-likeness (QED) is 0.822. The molecule has 2 unspecified atom stereocenters. The minimum absolute atomic E-state index is 0.114. The fourth-order valence-corrected chi connectivity index (χ4v) is 4.26. The van der Waals surface area contributed by atoms with Crippen LogP contribution in [0.2, 0.25) is 0 Å². The van der Waals surface area contributed by atoms with Crippen molar-refractivity contribution in [3.05, 3.63) is 0 Å². The zero-order chi connectivity index (χ0) is 15.5. The normalized spacial score (nSPS) is 34.6. The van der Waals surface area contributed by atoms with Crippen LogP contribution in [0.1, 0.15) is 72.1 Å². The van der Waals surface area contributed by atoms with Gasteiger partial charge in [0.2, 0.25) is 0 Å². The van der Waals surface area contributed by atoms with Crippen molar-refractivity contribution in [2.24, 2.45) is 23.2 Å². The summed E-state index contributed by atoms with van der Waals surface area (Å²) in [4.78, 5) is 11.3. The zero-order valence-corrected chi connectivity index (χ0v) is 14.0. The summed E-state index contributed by atoms with van der Waals surface area (Å²) < 4.78 is 0. The standard InChI is InChI=1S/C18H33NO2/c1-18(2,3)14-8-10-15(11-9-14)19-12-13-6-4-5-7-16(13)17(20)21/h13-16,19H,4-12H2,1-3H3,(H,20,21). The molecule has 3 nitrogen and oxygen atoms in total. The third kappa shape index (κ3) is 4.70. The lowest BCUT2D eigenvalue weighted by molar-refractivity contribution is -0.144. The molecule has 0 aromatic heterocycles. The van der Waals surface area contributed by atoms with Gasteiger partial charge in [-0.2, -0.15) is 0 Å². The number of rotatable bonds is 4. The Kier molecular flexibility index (Phi) is 5.70. The Morgan fingerprint density at radius 2 is 1.67 bits per heavy atom. The van der Waals surface area contributed by atoms with E-state index in [9.17, 15) is 9.90 Å². The Balaban J connectivity index is 1.75. The van der Waals surface area contributed by atoms with Crippen LogP contribution < -0.4 is 5.32 Å². The van der Waals surface area contributed by atoms with E-state index in [1.807, 2.05) is 0 Å². The molecule has 0 aliphatic heterocycles. The molecule has 2 saturated carbocycles. The summed E-state index contributed by atoms with van der Waals surface area (Å²) in [5.74, 6) is 0.490. The van der Waals surface area contributed by atoms with Gasteiger partial charge in [-0.05, 0) is 62.3 Å². The van der Waals surface area contributed by atoms with Gasteiger partial charge in [-0.3, -0.25) is 4.79 Å². The van der Waals surface area contributed by atoms with Gasteiger partial charge in [-0.1, -0.05) is 33.6 Å². The van der Waals surface area contributed by atoms with Gasteiger partial charge >= 0.3 is 5.97 Å². The second-order valence-electron chi connectivity index (χ2n) is 8.31. The lowest BCUT2D eigenvalue weighted by atomic mass is 9.71. The van der Waals surface area contributed by atoms with E-state index >= 15 is 0 Å². The Bertz CT molecular complexity index is 340. The molecule has 2 rings (SSSR count). The minimum atomic E-state index is -0.585. The molecule has 0 heterocycles. The van der Waals surface area contributed by atoms with E-state index in [0.717, 1.165) is 31.7 Å². The molecule has 2 aliphatic carbocycles. The van der Waals surface area contributed by atoms with Crippen LogP contribution >= 0.6 is 0 Å². The van der Waals surface area contributed by atoms with Gasteiger partial charge in [-0.15, -0.1) is 0 Å². The number of aliphatic carboxylic acids is 1. The van der Waals surface area contributed by atoms with Crippen molar-refractivity contribution in [2.75, 3.05) is 6.54 Å². The van der Waals surface area contributed by atoms with Gasteiger partial charge in [-0.25, -0.2) is 0 Å². The summed E-state index contributed by atoms with van der Waals surface area (Å²) in [5, 5.41) is 13.0. The topological polar surface area (TPSA) is 49.3 Å². The van der Waals surface area contributed by atoms with Gasteiger partial charge in [0, 0.05) is 6.04 Å². The maximum Gasteiger partial charge on any atom is 0.306 e. The van der Waals surface area contributed by atoms with Gasteiger partial charge in [0.25, 0.3) is 0 Å². The van der Waals surface area contributed by atoms with Crippen LogP contribution in [0.5, 0.6) is 0 Å². The lowest BCUT2D eigenvalue weighted by Crippen LogP contribution is -2.41. The van der Waals surface area contributed by atoms with Gasteiger partial charge < -0.3 is 10.4 Å². The molecule has 21 heavy (non-hydrogen) atoms. The first-order valence-electron chi connectivity index (χ1n) is 8.84. The number of carbonyl (C=O) groups is 1. The molecular formula is C18H33NO2. The second-order valence-corrected chi connectivity index (χ2v) is 8.31. The van der Waals surface area contributed by atoms with Gasteiger partial charge in [0.1, 0.15) is 0 Å². The fraction of sp³-hybridized carbons (Fsp3) is 0.944. The summed E-state index contributed by atoms with van der Waals surface area (Å²) in [7, 11) is 0. The highest BCUT2D eigenvalue weighted by Gasteiger charge is 2.32. The van der Waals surface area contributed by atoms with Crippen LogP contribution in [0.15, 0.2) is 0 Å².